The Labute approximate surface area is 92.5 Å². The average molecular weight is 207 g/mol. The van der Waals surface area contributed by atoms with Crippen molar-refractivity contribution in [2.75, 3.05) is 18.5 Å². The Morgan fingerprint density at radius 1 is 1.33 bits per heavy atom. The number of hydrogen-bond donors (Lipinski definition) is 1. The minimum Gasteiger partial charge on any atom is -0.391 e. The zero-order chi connectivity index (χ0) is 11.4. The fourth-order valence-corrected chi connectivity index (χ4v) is 1.46. The molecule has 2 nitrogen and oxygen atoms in total. The minimum atomic E-state index is -0.268. The zero-order valence-corrected chi connectivity index (χ0v) is 10.1. The Kier molecular flexibility index (Phi) is 4.15. The number of aryl methyl sites for hydroxylation is 1. The molecule has 0 amide bonds. The monoisotopic (exact) mass is 207 g/mol. The van der Waals surface area contributed by atoms with E-state index >= 15 is 0 Å². The summed E-state index contributed by atoms with van der Waals surface area (Å²) >= 11 is 0. The molecule has 1 N–H and O–H groups in total. The molecular formula is C13H21NO. The number of anilines is 1. The number of nitrogens with zero attached hydrogens (tertiary/aromatic N) is 1. The van der Waals surface area contributed by atoms with Crippen LogP contribution in [0.25, 0.3) is 0 Å². The maximum atomic E-state index is 9.79. The van der Waals surface area contributed by atoms with Gasteiger partial charge in [-0.2, -0.15) is 0 Å². The number of hydrogen-bond acceptors (Lipinski definition) is 2. The van der Waals surface area contributed by atoms with E-state index in [0.29, 0.717) is 12.5 Å². The molecule has 0 aliphatic carbocycles. The lowest BCUT2D eigenvalue weighted by Gasteiger charge is -2.25. The molecule has 1 aromatic carbocycles. The van der Waals surface area contributed by atoms with E-state index in [-0.39, 0.29) is 6.10 Å². The fourth-order valence-electron chi connectivity index (χ4n) is 1.46. The molecule has 0 heterocycles. The minimum absolute atomic E-state index is 0.268. The van der Waals surface area contributed by atoms with Gasteiger partial charge in [0.05, 0.1) is 6.10 Å². The summed E-state index contributed by atoms with van der Waals surface area (Å²) in [4.78, 5) is 2.09. The quantitative estimate of drug-likeness (QED) is 0.819. The van der Waals surface area contributed by atoms with Gasteiger partial charge in [0.1, 0.15) is 0 Å². The lowest BCUT2D eigenvalue weighted by Crippen LogP contribution is -2.32. The van der Waals surface area contributed by atoms with Crippen LogP contribution in [-0.4, -0.2) is 24.8 Å². The van der Waals surface area contributed by atoms with Crippen LogP contribution >= 0.6 is 0 Å². The summed E-state index contributed by atoms with van der Waals surface area (Å²) in [6.45, 7) is 6.83. The van der Waals surface area contributed by atoms with E-state index in [1.54, 1.807) is 0 Å². The predicted molar refractivity (Wildman–Crippen MR) is 65.3 cm³/mol. The summed E-state index contributed by atoms with van der Waals surface area (Å²) < 4.78 is 0. The van der Waals surface area contributed by atoms with Gasteiger partial charge in [0.15, 0.2) is 0 Å². The fraction of sp³-hybridized carbons (Fsp3) is 0.538. The maximum absolute atomic E-state index is 9.79. The molecule has 1 atom stereocenters. The van der Waals surface area contributed by atoms with E-state index < -0.39 is 0 Å². The van der Waals surface area contributed by atoms with Crippen LogP contribution in [0.2, 0.25) is 0 Å². The van der Waals surface area contributed by atoms with Crippen LogP contribution < -0.4 is 4.90 Å². The van der Waals surface area contributed by atoms with Crippen molar-refractivity contribution in [1.29, 1.82) is 0 Å². The van der Waals surface area contributed by atoms with Crippen molar-refractivity contribution in [2.24, 2.45) is 5.92 Å². The van der Waals surface area contributed by atoms with Crippen molar-refractivity contribution < 1.29 is 5.11 Å². The highest BCUT2D eigenvalue weighted by atomic mass is 16.3. The molecule has 0 bridgehead atoms. The molecule has 0 aromatic heterocycles. The van der Waals surface area contributed by atoms with Crippen molar-refractivity contribution in [3.63, 3.8) is 0 Å². The first-order chi connectivity index (χ1) is 7.00. The lowest BCUT2D eigenvalue weighted by molar-refractivity contribution is 0.132. The van der Waals surface area contributed by atoms with Gasteiger partial charge in [-0.05, 0) is 30.5 Å². The van der Waals surface area contributed by atoms with Gasteiger partial charge >= 0.3 is 0 Å². The Hall–Kier alpha value is -1.02. The highest BCUT2D eigenvalue weighted by Crippen LogP contribution is 2.15. The van der Waals surface area contributed by atoms with Gasteiger partial charge in [-0.1, -0.05) is 26.0 Å². The van der Waals surface area contributed by atoms with Gasteiger partial charge in [-0.25, -0.2) is 0 Å². The highest BCUT2D eigenvalue weighted by Gasteiger charge is 2.12. The van der Waals surface area contributed by atoms with E-state index in [1.165, 1.54) is 5.56 Å². The van der Waals surface area contributed by atoms with Crippen LogP contribution in [0.5, 0.6) is 0 Å². The van der Waals surface area contributed by atoms with Crippen molar-refractivity contribution in [2.45, 2.75) is 26.9 Å². The van der Waals surface area contributed by atoms with Gasteiger partial charge in [-0.15, -0.1) is 0 Å². The SMILES string of the molecule is Cc1cccc(N(C)CC(O)C(C)C)c1. The number of rotatable bonds is 4. The van der Waals surface area contributed by atoms with Gasteiger partial charge in [0.25, 0.3) is 0 Å². The molecule has 0 saturated carbocycles. The molecule has 84 valence electrons. The van der Waals surface area contributed by atoms with Crippen molar-refractivity contribution >= 4 is 5.69 Å². The summed E-state index contributed by atoms with van der Waals surface area (Å²) in [6, 6.07) is 8.33. The number of aliphatic hydroxyl groups excluding tert-OH is 1. The Morgan fingerprint density at radius 3 is 2.53 bits per heavy atom. The molecule has 1 rings (SSSR count). The first-order valence-electron chi connectivity index (χ1n) is 5.46. The average Bonchev–Trinajstić information content (AvgIpc) is 2.17. The molecule has 0 saturated heterocycles. The largest absolute Gasteiger partial charge is 0.391 e. The molecular weight excluding hydrogens is 186 g/mol. The molecule has 0 aliphatic rings. The first-order valence-corrected chi connectivity index (χ1v) is 5.46. The van der Waals surface area contributed by atoms with Crippen LogP contribution in [0, 0.1) is 12.8 Å². The standard InChI is InChI=1S/C13H21NO/c1-10(2)13(15)9-14(4)12-7-5-6-11(3)8-12/h5-8,10,13,15H,9H2,1-4H3. The Morgan fingerprint density at radius 2 is 2.00 bits per heavy atom. The topological polar surface area (TPSA) is 23.5 Å². The molecule has 1 aromatic rings. The molecule has 15 heavy (non-hydrogen) atoms. The Balaban J connectivity index is 2.64. The van der Waals surface area contributed by atoms with E-state index in [0.717, 1.165) is 5.69 Å². The van der Waals surface area contributed by atoms with Crippen LogP contribution in [0.1, 0.15) is 19.4 Å². The van der Waals surface area contributed by atoms with Crippen molar-refractivity contribution in [1.82, 2.24) is 0 Å². The number of aliphatic hydroxyl groups is 1. The van der Waals surface area contributed by atoms with E-state index in [2.05, 4.69) is 30.0 Å². The Bertz CT molecular complexity index is 309. The molecule has 0 radical (unpaired) electrons. The second kappa shape index (κ2) is 5.17. The van der Waals surface area contributed by atoms with E-state index in [9.17, 15) is 5.11 Å². The second-order valence-electron chi connectivity index (χ2n) is 4.53. The summed E-state index contributed by atoms with van der Waals surface area (Å²) in [6.07, 6.45) is -0.268. The molecule has 2 heteroatoms. The lowest BCUT2D eigenvalue weighted by atomic mass is 10.1. The normalized spacial score (nSPS) is 12.9. The molecule has 0 spiro atoms. The second-order valence-corrected chi connectivity index (χ2v) is 4.53. The molecule has 0 aliphatic heterocycles. The zero-order valence-electron chi connectivity index (χ0n) is 10.1. The smallest absolute Gasteiger partial charge is 0.0737 e. The summed E-state index contributed by atoms with van der Waals surface area (Å²) in [5.74, 6) is 0.303. The summed E-state index contributed by atoms with van der Waals surface area (Å²) in [5.41, 5.74) is 2.41. The highest BCUT2D eigenvalue weighted by molar-refractivity contribution is 5.47. The third-order valence-electron chi connectivity index (χ3n) is 2.67. The van der Waals surface area contributed by atoms with Crippen molar-refractivity contribution in [3.05, 3.63) is 29.8 Å². The van der Waals surface area contributed by atoms with Gasteiger partial charge in [0, 0.05) is 19.3 Å². The molecule has 0 fully saturated rings. The maximum Gasteiger partial charge on any atom is 0.0737 e. The predicted octanol–water partition coefficient (Wildman–Crippen LogP) is 2.45. The van der Waals surface area contributed by atoms with Crippen LogP contribution in [-0.2, 0) is 0 Å². The van der Waals surface area contributed by atoms with Crippen LogP contribution in [0.4, 0.5) is 5.69 Å². The van der Waals surface area contributed by atoms with E-state index in [1.807, 2.05) is 27.0 Å². The number of likely N-dealkylation sites (N-methyl/N-ethyl adjacent to an activating group) is 1. The summed E-state index contributed by atoms with van der Waals surface area (Å²) in [5, 5.41) is 9.79. The third kappa shape index (κ3) is 3.56. The first kappa shape index (κ1) is 12.1. The number of benzene rings is 1. The molecule has 1 unspecified atom stereocenters. The van der Waals surface area contributed by atoms with Crippen LogP contribution in [0.3, 0.4) is 0 Å². The van der Waals surface area contributed by atoms with Crippen molar-refractivity contribution in [3.8, 4) is 0 Å². The third-order valence-corrected chi connectivity index (χ3v) is 2.67. The van der Waals surface area contributed by atoms with E-state index in [4.69, 9.17) is 0 Å². The van der Waals surface area contributed by atoms with Gasteiger partial charge in [-0.3, -0.25) is 0 Å². The van der Waals surface area contributed by atoms with Gasteiger partial charge in [0.2, 0.25) is 0 Å². The summed E-state index contributed by atoms with van der Waals surface area (Å²) in [7, 11) is 2.01. The van der Waals surface area contributed by atoms with Gasteiger partial charge < -0.3 is 10.0 Å². The van der Waals surface area contributed by atoms with Crippen LogP contribution in [0.15, 0.2) is 24.3 Å².